The summed E-state index contributed by atoms with van der Waals surface area (Å²) < 4.78 is 26.4. The third kappa shape index (κ3) is 4.58. The molecule has 0 spiro atoms. The van der Waals surface area contributed by atoms with E-state index < -0.39 is 34.4 Å². The highest BCUT2D eigenvalue weighted by Crippen LogP contribution is 2.21. The standard InChI is InChI=1S/C11H12BrNO6S/c12-7-3-1-2-4-9(7)20(18,19)13-8(11(16)17)5-6-10(14)15/h1-4,8,13H,5-6H2,(H,14,15)(H,16,17)/t8-/m0/s1. The minimum Gasteiger partial charge on any atom is -0.481 e. The van der Waals surface area contributed by atoms with E-state index in [1.165, 1.54) is 18.2 Å². The normalized spacial score (nSPS) is 12.8. The monoisotopic (exact) mass is 365 g/mol. The zero-order chi connectivity index (χ0) is 15.3. The third-order valence-electron chi connectivity index (χ3n) is 2.37. The first-order valence-corrected chi connectivity index (χ1v) is 7.73. The second kappa shape index (κ2) is 6.82. The first kappa shape index (κ1) is 16.6. The summed E-state index contributed by atoms with van der Waals surface area (Å²) in [4.78, 5) is 21.3. The lowest BCUT2D eigenvalue weighted by Crippen LogP contribution is -2.41. The van der Waals surface area contributed by atoms with Gasteiger partial charge in [0.15, 0.2) is 0 Å². The molecule has 110 valence electrons. The maximum atomic E-state index is 12.1. The quantitative estimate of drug-likeness (QED) is 0.663. The highest BCUT2D eigenvalue weighted by Gasteiger charge is 2.27. The van der Waals surface area contributed by atoms with Crippen LogP contribution in [0.1, 0.15) is 12.8 Å². The summed E-state index contributed by atoms with van der Waals surface area (Å²) in [6.45, 7) is 0. The number of benzene rings is 1. The van der Waals surface area contributed by atoms with Gasteiger partial charge in [-0.2, -0.15) is 4.72 Å². The van der Waals surface area contributed by atoms with E-state index in [9.17, 15) is 18.0 Å². The Hall–Kier alpha value is -1.45. The van der Waals surface area contributed by atoms with Crippen LogP contribution in [-0.4, -0.2) is 36.6 Å². The van der Waals surface area contributed by atoms with Crippen LogP contribution in [0.4, 0.5) is 0 Å². The van der Waals surface area contributed by atoms with Crippen LogP contribution in [0.25, 0.3) is 0 Å². The van der Waals surface area contributed by atoms with Crippen molar-refractivity contribution in [2.24, 2.45) is 0 Å². The van der Waals surface area contributed by atoms with Gasteiger partial charge in [0.2, 0.25) is 10.0 Å². The Morgan fingerprint density at radius 2 is 1.85 bits per heavy atom. The average molecular weight is 366 g/mol. The molecule has 7 nitrogen and oxygen atoms in total. The lowest BCUT2D eigenvalue weighted by molar-refractivity contribution is -0.140. The van der Waals surface area contributed by atoms with Gasteiger partial charge in [0, 0.05) is 10.9 Å². The number of aliphatic carboxylic acids is 2. The summed E-state index contributed by atoms with van der Waals surface area (Å²) in [6, 6.07) is 4.42. The van der Waals surface area contributed by atoms with Gasteiger partial charge < -0.3 is 10.2 Å². The second-order valence-electron chi connectivity index (χ2n) is 3.87. The molecule has 0 heterocycles. The first-order valence-electron chi connectivity index (χ1n) is 5.45. The predicted molar refractivity (Wildman–Crippen MR) is 72.8 cm³/mol. The minimum absolute atomic E-state index is 0.110. The van der Waals surface area contributed by atoms with Crippen molar-refractivity contribution in [2.75, 3.05) is 0 Å². The number of nitrogens with one attached hydrogen (secondary N) is 1. The molecule has 3 N–H and O–H groups in total. The maximum Gasteiger partial charge on any atom is 0.321 e. The largest absolute Gasteiger partial charge is 0.481 e. The van der Waals surface area contributed by atoms with Crippen molar-refractivity contribution in [3.05, 3.63) is 28.7 Å². The average Bonchev–Trinajstić information content (AvgIpc) is 2.34. The summed E-state index contributed by atoms with van der Waals surface area (Å²) >= 11 is 3.06. The molecule has 1 aromatic carbocycles. The summed E-state index contributed by atoms with van der Waals surface area (Å²) in [6.07, 6.45) is -0.788. The van der Waals surface area contributed by atoms with Gasteiger partial charge in [-0.25, -0.2) is 8.42 Å². The molecule has 0 amide bonds. The number of sulfonamides is 1. The van der Waals surface area contributed by atoms with E-state index in [0.717, 1.165) is 0 Å². The van der Waals surface area contributed by atoms with Crippen molar-refractivity contribution >= 4 is 37.9 Å². The molecule has 0 bridgehead atoms. The molecule has 0 aliphatic carbocycles. The number of halogens is 1. The Morgan fingerprint density at radius 1 is 1.25 bits per heavy atom. The van der Waals surface area contributed by atoms with Crippen LogP contribution >= 0.6 is 15.9 Å². The van der Waals surface area contributed by atoms with E-state index in [1.54, 1.807) is 6.07 Å². The molecule has 0 saturated heterocycles. The van der Waals surface area contributed by atoms with E-state index in [2.05, 4.69) is 15.9 Å². The summed E-state index contributed by atoms with van der Waals surface area (Å²) in [5.74, 6) is -2.63. The lowest BCUT2D eigenvalue weighted by Gasteiger charge is -2.14. The fourth-order valence-corrected chi connectivity index (χ4v) is 3.64. The number of hydrogen-bond acceptors (Lipinski definition) is 4. The van der Waals surface area contributed by atoms with Crippen molar-refractivity contribution in [2.45, 2.75) is 23.8 Å². The molecule has 0 radical (unpaired) electrons. The van der Waals surface area contributed by atoms with Crippen molar-refractivity contribution in [3.8, 4) is 0 Å². The SMILES string of the molecule is O=C(O)CC[C@H](NS(=O)(=O)c1ccccc1Br)C(=O)O. The second-order valence-corrected chi connectivity index (χ2v) is 6.41. The third-order valence-corrected chi connectivity index (χ3v) is 4.85. The zero-order valence-electron chi connectivity index (χ0n) is 10.1. The predicted octanol–water partition coefficient (Wildman–Crippen LogP) is 1.05. The van der Waals surface area contributed by atoms with Crippen LogP contribution < -0.4 is 4.72 Å². The fraction of sp³-hybridized carbons (Fsp3) is 0.273. The molecule has 20 heavy (non-hydrogen) atoms. The van der Waals surface area contributed by atoms with Crippen LogP contribution in [0, 0.1) is 0 Å². The van der Waals surface area contributed by atoms with Gasteiger partial charge in [-0.05, 0) is 34.5 Å². The van der Waals surface area contributed by atoms with Crippen molar-refractivity contribution < 1.29 is 28.2 Å². The smallest absolute Gasteiger partial charge is 0.321 e. The number of hydrogen-bond donors (Lipinski definition) is 3. The highest BCUT2D eigenvalue weighted by molar-refractivity contribution is 9.10. The summed E-state index contributed by atoms with van der Waals surface area (Å²) in [7, 11) is -4.05. The highest BCUT2D eigenvalue weighted by atomic mass is 79.9. The minimum atomic E-state index is -4.05. The molecule has 0 aromatic heterocycles. The number of carboxylic acid groups (broad SMARTS) is 2. The topological polar surface area (TPSA) is 121 Å². The Bertz CT molecular complexity index is 615. The van der Waals surface area contributed by atoms with E-state index in [-0.39, 0.29) is 15.8 Å². The van der Waals surface area contributed by atoms with Crippen LogP contribution in [0.2, 0.25) is 0 Å². The summed E-state index contributed by atoms with van der Waals surface area (Å²) in [5.41, 5.74) is 0. The van der Waals surface area contributed by atoms with Crippen LogP contribution in [-0.2, 0) is 19.6 Å². The first-order chi connectivity index (χ1) is 9.24. The van der Waals surface area contributed by atoms with Gasteiger partial charge >= 0.3 is 11.9 Å². The van der Waals surface area contributed by atoms with Gasteiger partial charge in [-0.3, -0.25) is 9.59 Å². The molecular formula is C11H12BrNO6S. The van der Waals surface area contributed by atoms with Crippen LogP contribution in [0.5, 0.6) is 0 Å². The molecule has 0 saturated carbocycles. The Morgan fingerprint density at radius 3 is 2.35 bits per heavy atom. The molecule has 1 rings (SSSR count). The molecule has 1 aromatic rings. The van der Waals surface area contributed by atoms with Crippen molar-refractivity contribution in [1.82, 2.24) is 4.72 Å². The molecule has 0 fully saturated rings. The Kier molecular flexibility index (Phi) is 5.66. The van der Waals surface area contributed by atoms with Crippen molar-refractivity contribution in [1.29, 1.82) is 0 Å². The summed E-state index contributed by atoms with van der Waals surface area (Å²) in [5, 5.41) is 17.5. The van der Waals surface area contributed by atoms with E-state index in [0.29, 0.717) is 0 Å². The van der Waals surface area contributed by atoms with Gasteiger partial charge in [-0.15, -0.1) is 0 Å². The molecule has 0 aliphatic heterocycles. The Labute approximate surface area is 123 Å². The van der Waals surface area contributed by atoms with E-state index >= 15 is 0 Å². The van der Waals surface area contributed by atoms with Crippen LogP contribution in [0.3, 0.4) is 0 Å². The lowest BCUT2D eigenvalue weighted by atomic mass is 10.2. The van der Waals surface area contributed by atoms with E-state index in [4.69, 9.17) is 10.2 Å². The number of carbonyl (C=O) groups is 2. The van der Waals surface area contributed by atoms with Gasteiger partial charge in [0.1, 0.15) is 6.04 Å². The molecule has 0 unspecified atom stereocenters. The molecular weight excluding hydrogens is 354 g/mol. The van der Waals surface area contributed by atoms with Gasteiger partial charge in [-0.1, -0.05) is 12.1 Å². The zero-order valence-corrected chi connectivity index (χ0v) is 12.5. The maximum absolute atomic E-state index is 12.1. The van der Waals surface area contributed by atoms with E-state index in [1.807, 2.05) is 4.72 Å². The van der Waals surface area contributed by atoms with Gasteiger partial charge in [0.25, 0.3) is 0 Å². The van der Waals surface area contributed by atoms with Gasteiger partial charge in [0.05, 0.1) is 4.90 Å². The fourth-order valence-electron chi connectivity index (χ4n) is 1.41. The molecule has 0 aliphatic rings. The number of carboxylic acids is 2. The van der Waals surface area contributed by atoms with Crippen molar-refractivity contribution in [3.63, 3.8) is 0 Å². The Balaban J connectivity index is 2.95. The molecule has 1 atom stereocenters. The van der Waals surface area contributed by atoms with Crippen LogP contribution in [0.15, 0.2) is 33.6 Å². The molecule has 9 heteroatoms. The number of rotatable bonds is 7.